The molecule has 1 fully saturated rings. The van der Waals surface area contributed by atoms with Crippen molar-refractivity contribution in [2.75, 3.05) is 13.2 Å². The number of rotatable bonds is 46. The van der Waals surface area contributed by atoms with Crippen molar-refractivity contribution in [1.82, 2.24) is 5.32 Å². The maximum absolute atomic E-state index is 13.2. The molecule has 65 heavy (non-hydrogen) atoms. The van der Waals surface area contributed by atoms with E-state index in [1.54, 1.807) is 0 Å². The fraction of sp³-hybridized carbons (Fsp3) is 0.941. The highest BCUT2D eigenvalue weighted by Gasteiger charge is 2.48. The zero-order valence-corrected chi connectivity index (χ0v) is 42.0. The van der Waals surface area contributed by atoms with Crippen molar-refractivity contribution in [3.63, 3.8) is 0 Å². The van der Waals surface area contributed by atoms with Gasteiger partial charge in [0, 0.05) is 0 Å². The van der Waals surface area contributed by atoms with Crippen LogP contribution in [0.5, 0.6) is 0 Å². The van der Waals surface area contributed by atoms with Crippen LogP contribution in [0.1, 0.15) is 245 Å². The minimum Gasteiger partial charge on any atom is -0.394 e. The number of hydrogen-bond donors (Lipinski definition) is 7. The topological polar surface area (TPSA) is 212 Å². The molecule has 0 saturated carbocycles. The lowest BCUT2D eigenvalue weighted by molar-refractivity contribution is -0.298. The van der Waals surface area contributed by atoms with Gasteiger partial charge in [0.15, 0.2) is 6.29 Å². The average Bonchev–Trinajstić information content (AvgIpc) is 3.28. The van der Waals surface area contributed by atoms with Crippen molar-refractivity contribution in [3.8, 4) is 0 Å². The molecule has 1 amide bonds. The Balaban J connectivity index is 2.47. The Morgan fingerprint density at radius 3 is 1.38 bits per heavy atom. The summed E-state index contributed by atoms with van der Waals surface area (Å²) >= 11 is 0. The number of aliphatic hydroxyl groups excluding tert-OH is 5. The molecule has 13 nitrogen and oxygen atoms in total. The summed E-state index contributed by atoms with van der Waals surface area (Å²) in [5, 5.41) is 55.6. The monoisotopic (exact) mass is 950 g/mol. The molecule has 1 aliphatic rings. The smallest absolute Gasteiger partial charge is 0.394 e. The lowest BCUT2D eigenvalue weighted by Crippen LogP contribution is -2.61. The highest BCUT2D eigenvalue weighted by atomic mass is 32.3. The van der Waals surface area contributed by atoms with Crippen LogP contribution in [0.4, 0.5) is 0 Å². The summed E-state index contributed by atoms with van der Waals surface area (Å²) in [4.78, 5) is 13.2. The van der Waals surface area contributed by atoms with E-state index in [1.165, 1.54) is 141 Å². The third-order valence-electron chi connectivity index (χ3n) is 12.9. The number of allylic oxidation sites excluding steroid dienone is 2. The fourth-order valence-corrected chi connectivity index (χ4v) is 9.21. The van der Waals surface area contributed by atoms with E-state index in [-0.39, 0.29) is 6.42 Å². The second-order valence-corrected chi connectivity index (χ2v) is 20.0. The molecule has 0 aliphatic carbocycles. The molecule has 8 atom stereocenters. The zero-order chi connectivity index (χ0) is 47.8. The number of hydrogen-bond acceptors (Lipinski definition) is 11. The molecule has 1 aliphatic heterocycles. The Morgan fingerprint density at radius 1 is 0.600 bits per heavy atom. The number of carbonyl (C=O) groups is 1. The van der Waals surface area contributed by atoms with Crippen molar-refractivity contribution in [3.05, 3.63) is 12.2 Å². The summed E-state index contributed by atoms with van der Waals surface area (Å²) in [7, 11) is -5.11. The van der Waals surface area contributed by atoms with E-state index >= 15 is 0 Å². The molecule has 8 unspecified atom stereocenters. The zero-order valence-electron chi connectivity index (χ0n) is 41.2. The molecule has 1 heterocycles. The molecule has 1 saturated heterocycles. The van der Waals surface area contributed by atoms with Gasteiger partial charge in [0.2, 0.25) is 5.91 Å². The predicted octanol–water partition coefficient (Wildman–Crippen LogP) is 10.5. The highest BCUT2D eigenvalue weighted by Crippen LogP contribution is 2.26. The maximum Gasteiger partial charge on any atom is 0.397 e. The molecule has 386 valence electrons. The van der Waals surface area contributed by atoms with Gasteiger partial charge < -0.3 is 40.3 Å². The summed E-state index contributed by atoms with van der Waals surface area (Å²) < 4.78 is 47.7. The molecular formula is C51H99NO12S. The second kappa shape index (κ2) is 41.7. The SMILES string of the molecule is CCCCCCCC/C=C\CCCCCCCCC(O)C(=O)NC(COC1OC(CO)C(O)C(OS(=O)(=O)O)C1O)C(O)CCCCCCCCCCCCCCCCCCCCCC. The summed E-state index contributed by atoms with van der Waals surface area (Å²) in [6.07, 6.45) is 35.3. The second-order valence-electron chi connectivity index (χ2n) is 19.0. The molecule has 14 heteroatoms. The quantitative estimate of drug-likeness (QED) is 0.0173. The minimum atomic E-state index is -5.11. The van der Waals surface area contributed by atoms with E-state index in [1.807, 2.05) is 0 Å². The van der Waals surface area contributed by atoms with Gasteiger partial charge in [-0.3, -0.25) is 9.35 Å². The molecule has 0 aromatic heterocycles. The van der Waals surface area contributed by atoms with Gasteiger partial charge in [-0.2, -0.15) is 8.42 Å². The summed E-state index contributed by atoms with van der Waals surface area (Å²) in [6, 6.07) is -1.03. The predicted molar refractivity (Wildman–Crippen MR) is 261 cm³/mol. The van der Waals surface area contributed by atoms with E-state index in [4.69, 9.17) is 9.47 Å². The number of carbonyl (C=O) groups excluding carboxylic acids is 1. The van der Waals surface area contributed by atoms with Gasteiger partial charge in [-0.15, -0.1) is 0 Å². The third kappa shape index (κ3) is 33.9. The van der Waals surface area contributed by atoms with Crippen LogP contribution in [0.3, 0.4) is 0 Å². The van der Waals surface area contributed by atoms with Gasteiger partial charge in [-0.05, 0) is 38.5 Å². The van der Waals surface area contributed by atoms with Crippen LogP contribution in [-0.2, 0) is 28.9 Å². The van der Waals surface area contributed by atoms with Gasteiger partial charge in [0.25, 0.3) is 0 Å². The van der Waals surface area contributed by atoms with Gasteiger partial charge in [0.05, 0.1) is 25.4 Å². The van der Waals surface area contributed by atoms with E-state index < -0.39 is 78.5 Å². The number of aliphatic hydroxyl groups is 5. The van der Waals surface area contributed by atoms with Gasteiger partial charge >= 0.3 is 10.4 Å². The van der Waals surface area contributed by atoms with E-state index in [2.05, 4.69) is 35.5 Å². The third-order valence-corrected chi connectivity index (χ3v) is 13.4. The molecule has 0 bridgehead atoms. The van der Waals surface area contributed by atoms with Crippen molar-refractivity contribution >= 4 is 16.3 Å². The van der Waals surface area contributed by atoms with E-state index in [0.717, 1.165) is 64.2 Å². The first-order chi connectivity index (χ1) is 31.4. The van der Waals surface area contributed by atoms with Crippen LogP contribution in [0.15, 0.2) is 12.2 Å². The van der Waals surface area contributed by atoms with Crippen LogP contribution in [-0.4, -0.2) is 107 Å². The van der Waals surface area contributed by atoms with E-state index in [0.29, 0.717) is 19.3 Å². The number of amides is 1. The Hall–Kier alpha value is -1.20. The van der Waals surface area contributed by atoms with Gasteiger partial charge in [-0.1, -0.05) is 219 Å². The lowest BCUT2D eigenvalue weighted by atomic mass is 9.99. The van der Waals surface area contributed by atoms with Crippen LogP contribution in [0.25, 0.3) is 0 Å². The Labute approximate surface area is 396 Å². The summed E-state index contributed by atoms with van der Waals surface area (Å²) in [6.45, 7) is 3.30. The molecule has 0 aromatic rings. The van der Waals surface area contributed by atoms with Crippen LogP contribution in [0, 0.1) is 0 Å². The number of nitrogens with one attached hydrogen (secondary N) is 1. The first-order valence-corrected chi connectivity index (χ1v) is 28.0. The Morgan fingerprint density at radius 2 is 0.985 bits per heavy atom. The van der Waals surface area contributed by atoms with Crippen molar-refractivity contribution < 1.29 is 57.0 Å². The van der Waals surface area contributed by atoms with Crippen LogP contribution < -0.4 is 5.32 Å². The maximum atomic E-state index is 13.2. The number of unbranched alkanes of at least 4 members (excludes halogenated alkanes) is 31. The van der Waals surface area contributed by atoms with Crippen molar-refractivity contribution in [2.24, 2.45) is 0 Å². The number of ether oxygens (including phenoxy) is 2. The molecular weight excluding hydrogens is 851 g/mol. The molecule has 1 rings (SSSR count). The molecule has 0 spiro atoms. The molecule has 0 radical (unpaired) electrons. The Kier molecular flexibility index (Phi) is 39.7. The summed E-state index contributed by atoms with van der Waals surface area (Å²) in [5.41, 5.74) is 0. The molecule has 0 aromatic carbocycles. The van der Waals surface area contributed by atoms with Gasteiger partial charge in [0.1, 0.15) is 30.5 Å². The largest absolute Gasteiger partial charge is 0.397 e. The first kappa shape index (κ1) is 61.8. The average molecular weight is 950 g/mol. The van der Waals surface area contributed by atoms with Crippen molar-refractivity contribution in [1.29, 1.82) is 0 Å². The highest BCUT2D eigenvalue weighted by molar-refractivity contribution is 7.80. The van der Waals surface area contributed by atoms with E-state index in [9.17, 15) is 43.3 Å². The van der Waals surface area contributed by atoms with Gasteiger partial charge in [-0.25, -0.2) is 4.18 Å². The van der Waals surface area contributed by atoms with Crippen LogP contribution in [0.2, 0.25) is 0 Å². The van der Waals surface area contributed by atoms with Crippen molar-refractivity contribution in [2.45, 2.75) is 294 Å². The minimum absolute atomic E-state index is 0.255. The van der Waals surface area contributed by atoms with Crippen LogP contribution >= 0.6 is 0 Å². The standard InChI is InChI=1S/C51H99NO12S/c1-3-5-7-9-11-13-15-17-19-21-22-23-24-26-27-29-31-33-35-37-39-44(54)43(42-62-51-48(57)49(64-65(59,60)61)47(56)46(41-53)63-51)52-50(58)45(55)40-38-36-34-32-30-28-25-20-18-16-14-12-10-8-6-4-2/h18,20,43-49,51,53-57H,3-17,19,21-42H2,1-2H3,(H,52,58)(H,59,60,61)/b20-18-. The Bertz CT molecular complexity index is 1230. The molecule has 7 N–H and O–H groups in total. The normalized spacial score (nSPS) is 20.6. The lowest BCUT2D eigenvalue weighted by Gasteiger charge is -2.41. The first-order valence-electron chi connectivity index (χ1n) is 26.7. The fourth-order valence-electron chi connectivity index (χ4n) is 8.70. The summed E-state index contributed by atoms with van der Waals surface area (Å²) in [5.74, 6) is -0.671.